The van der Waals surface area contributed by atoms with E-state index in [2.05, 4.69) is 41.1 Å². The van der Waals surface area contributed by atoms with Gasteiger partial charge in [0, 0.05) is 25.7 Å². The smallest absolute Gasteiger partial charge is 0.291 e. The third kappa shape index (κ3) is 4.28. The van der Waals surface area contributed by atoms with Gasteiger partial charge in [-0.1, -0.05) is 37.3 Å². The molecule has 0 radical (unpaired) electrons. The van der Waals surface area contributed by atoms with Crippen LogP contribution < -0.4 is 0 Å². The molecule has 1 aliphatic heterocycles. The minimum absolute atomic E-state index is 0.0246. The average Bonchev–Trinajstić information content (AvgIpc) is 3.06. The van der Waals surface area contributed by atoms with Crippen LogP contribution in [0.4, 0.5) is 0 Å². The summed E-state index contributed by atoms with van der Waals surface area (Å²) >= 11 is 0. The number of benzene rings is 1. The van der Waals surface area contributed by atoms with E-state index in [4.69, 9.17) is 4.42 Å². The maximum atomic E-state index is 13.0. The molecule has 25 heavy (non-hydrogen) atoms. The van der Waals surface area contributed by atoms with Crippen molar-refractivity contribution in [1.82, 2.24) is 14.8 Å². The van der Waals surface area contributed by atoms with Gasteiger partial charge >= 0.3 is 0 Å². The van der Waals surface area contributed by atoms with Crippen LogP contribution in [0.1, 0.15) is 48.0 Å². The molecule has 0 aliphatic carbocycles. The highest BCUT2D eigenvalue weighted by Crippen LogP contribution is 2.21. The predicted molar refractivity (Wildman–Crippen MR) is 97.3 cm³/mol. The first kappa shape index (κ1) is 17.7. The van der Waals surface area contributed by atoms with Crippen LogP contribution in [0.15, 0.2) is 41.1 Å². The molecule has 1 atom stereocenters. The Kier molecular flexibility index (Phi) is 5.87. The van der Waals surface area contributed by atoms with Crippen LogP contribution in [0.5, 0.6) is 0 Å². The molecule has 0 bridgehead atoms. The molecule has 1 aromatic heterocycles. The minimum Gasteiger partial charge on any atom is -0.438 e. The van der Waals surface area contributed by atoms with Crippen molar-refractivity contribution >= 4 is 5.91 Å². The van der Waals surface area contributed by atoms with Crippen molar-refractivity contribution in [3.63, 3.8) is 0 Å². The van der Waals surface area contributed by atoms with Crippen LogP contribution >= 0.6 is 0 Å². The molecule has 134 valence electrons. The zero-order valence-electron chi connectivity index (χ0n) is 15.1. The van der Waals surface area contributed by atoms with Gasteiger partial charge in [0.25, 0.3) is 5.91 Å². The van der Waals surface area contributed by atoms with E-state index < -0.39 is 0 Å². The fraction of sp³-hybridized carbons (Fsp3) is 0.500. The fourth-order valence-electron chi connectivity index (χ4n) is 3.60. The molecule has 1 amide bonds. The second-order valence-corrected chi connectivity index (χ2v) is 6.78. The van der Waals surface area contributed by atoms with Gasteiger partial charge in [-0.3, -0.25) is 9.69 Å². The Bertz CT molecular complexity index is 683. The van der Waals surface area contributed by atoms with Gasteiger partial charge in [0.15, 0.2) is 6.39 Å². The van der Waals surface area contributed by atoms with E-state index in [0.717, 1.165) is 45.4 Å². The minimum atomic E-state index is -0.0246. The number of hydrogen-bond acceptors (Lipinski definition) is 4. The molecule has 0 spiro atoms. The van der Waals surface area contributed by atoms with Crippen molar-refractivity contribution in [3.05, 3.63) is 53.7 Å². The van der Waals surface area contributed by atoms with Gasteiger partial charge in [-0.2, -0.15) is 0 Å². The number of amides is 1. The zero-order valence-corrected chi connectivity index (χ0v) is 15.1. The highest BCUT2D eigenvalue weighted by Gasteiger charge is 2.31. The second kappa shape index (κ2) is 8.30. The van der Waals surface area contributed by atoms with Gasteiger partial charge in [0.2, 0.25) is 5.76 Å². The van der Waals surface area contributed by atoms with Crippen LogP contribution in [0, 0.1) is 6.92 Å². The largest absolute Gasteiger partial charge is 0.438 e. The van der Waals surface area contributed by atoms with Crippen LogP contribution in [-0.2, 0) is 6.54 Å². The molecule has 1 aromatic carbocycles. The van der Waals surface area contributed by atoms with Crippen molar-refractivity contribution in [1.29, 1.82) is 0 Å². The molecule has 1 fully saturated rings. The van der Waals surface area contributed by atoms with Gasteiger partial charge in [-0.05, 0) is 38.3 Å². The lowest BCUT2D eigenvalue weighted by molar-refractivity contribution is 0.0504. The SMILES string of the molecule is CCCN(C(=O)c1ocnc1C)[C@H]1CCCN(Cc2ccccc2)C1. The Morgan fingerprint density at radius 1 is 1.36 bits per heavy atom. The number of nitrogens with zero attached hydrogens (tertiary/aromatic N) is 3. The van der Waals surface area contributed by atoms with E-state index in [1.807, 2.05) is 17.9 Å². The number of likely N-dealkylation sites (tertiary alicyclic amines) is 1. The Labute approximate surface area is 149 Å². The summed E-state index contributed by atoms with van der Waals surface area (Å²) in [6, 6.07) is 10.8. The van der Waals surface area contributed by atoms with Gasteiger partial charge in [-0.25, -0.2) is 4.98 Å². The van der Waals surface area contributed by atoms with Gasteiger partial charge in [0.05, 0.1) is 5.69 Å². The molecule has 1 aliphatic rings. The Morgan fingerprint density at radius 3 is 2.84 bits per heavy atom. The van der Waals surface area contributed by atoms with Gasteiger partial charge in [-0.15, -0.1) is 0 Å². The molecule has 0 unspecified atom stereocenters. The molecule has 2 aromatic rings. The molecule has 0 N–H and O–H groups in total. The summed E-state index contributed by atoms with van der Waals surface area (Å²) in [6.07, 6.45) is 4.45. The van der Waals surface area contributed by atoms with E-state index in [0.29, 0.717) is 11.5 Å². The molecule has 5 heteroatoms. The van der Waals surface area contributed by atoms with Crippen LogP contribution in [0.25, 0.3) is 0 Å². The lowest BCUT2D eigenvalue weighted by atomic mass is 10.0. The number of hydrogen-bond donors (Lipinski definition) is 0. The average molecular weight is 341 g/mol. The van der Waals surface area contributed by atoms with Crippen LogP contribution in [-0.4, -0.2) is 46.4 Å². The van der Waals surface area contributed by atoms with Gasteiger partial charge < -0.3 is 9.32 Å². The molecule has 5 nitrogen and oxygen atoms in total. The normalized spacial score (nSPS) is 18.2. The quantitative estimate of drug-likeness (QED) is 0.807. The number of rotatable bonds is 6. The highest BCUT2D eigenvalue weighted by molar-refractivity contribution is 5.92. The Hall–Kier alpha value is -2.14. The van der Waals surface area contributed by atoms with Crippen molar-refractivity contribution in [3.8, 4) is 0 Å². The first-order valence-corrected chi connectivity index (χ1v) is 9.16. The van der Waals surface area contributed by atoms with Crippen molar-refractivity contribution in [2.45, 2.75) is 45.7 Å². The summed E-state index contributed by atoms with van der Waals surface area (Å²) < 4.78 is 5.35. The Balaban J connectivity index is 1.70. The lowest BCUT2D eigenvalue weighted by Gasteiger charge is -2.39. The Morgan fingerprint density at radius 2 is 2.16 bits per heavy atom. The summed E-state index contributed by atoms with van der Waals surface area (Å²) in [5, 5.41) is 0. The first-order chi connectivity index (χ1) is 12.2. The maximum Gasteiger partial charge on any atom is 0.291 e. The lowest BCUT2D eigenvalue weighted by Crippen LogP contribution is -2.50. The van der Waals surface area contributed by atoms with E-state index in [1.54, 1.807) is 0 Å². The molecular weight excluding hydrogens is 314 g/mol. The predicted octanol–water partition coefficient (Wildman–Crippen LogP) is 3.50. The standard InChI is InChI=1S/C20H27N3O2/c1-3-11-23(20(24)19-16(2)21-15-25-19)18-10-7-12-22(14-18)13-17-8-5-4-6-9-17/h4-6,8-9,15,18H,3,7,10-14H2,1-2H3/t18-/m0/s1. The summed E-state index contributed by atoms with van der Waals surface area (Å²) in [6.45, 7) is 7.62. The molecule has 1 saturated heterocycles. The number of oxazole rings is 1. The zero-order chi connectivity index (χ0) is 17.6. The molecular formula is C20H27N3O2. The van der Waals surface area contributed by atoms with Crippen molar-refractivity contribution < 1.29 is 9.21 Å². The fourth-order valence-corrected chi connectivity index (χ4v) is 3.60. The first-order valence-electron chi connectivity index (χ1n) is 9.16. The van der Waals surface area contributed by atoms with Crippen molar-refractivity contribution in [2.24, 2.45) is 0 Å². The maximum absolute atomic E-state index is 13.0. The monoisotopic (exact) mass is 341 g/mol. The highest BCUT2D eigenvalue weighted by atomic mass is 16.3. The summed E-state index contributed by atoms with van der Waals surface area (Å²) in [5.41, 5.74) is 1.99. The molecule has 0 saturated carbocycles. The third-order valence-corrected chi connectivity index (χ3v) is 4.84. The van der Waals surface area contributed by atoms with E-state index in [1.165, 1.54) is 12.0 Å². The summed E-state index contributed by atoms with van der Waals surface area (Å²) in [7, 11) is 0. The van der Waals surface area contributed by atoms with E-state index >= 15 is 0 Å². The van der Waals surface area contributed by atoms with Crippen LogP contribution in [0.3, 0.4) is 0 Å². The number of carbonyl (C=O) groups is 1. The number of aryl methyl sites for hydroxylation is 1. The number of carbonyl (C=O) groups excluding carboxylic acids is 1. The van der Waals surface area contributed by atoms with Crippen molar-refractivity contribution in [2.75, 3.05) is 19.6 Å². The summed E-state index contributed by atoms with van der Waals surface area (Å²) in [5.74, 6) is 0.358. The second-order valence-electron chi connectivity index (χ2n) is 6.78. The molecule has 3 rings (SSSR count). The van der Waals surface area contributed by atoms with Gasteiger partial charge in [0.1, 0.15) is 0 Å². The van der Waals surface area contributed by atoms with E-state index in [9.17, 15) is 4.79 Å². The van der Waals surface area contributed by atoms with E-state index in [-0.39, 0.29) is 11.9 Å². The number of piperidine rings is 1. The third-order valence-electron chi connectivity index (χ3n) is 4.84. The van der Waals surface area contributed by atoms with Crippen LogP contribution in [0.2, 0.25) is 0 Å². The molecule has 2 heterocycles. The number of aromatic nitrogens is 1. The summed E-state index contributed by atoms with van der Waals surface area (Å²) in [4.78, 5) is 21.5. The topological polar surface area (TPSA) is 49.6 Å².